The predicted octanol–water partition coefficient (Wildman–Crippen LogP) is 1.09. The average Bonchev–Trinajstić information content (AvgIpc) is 3.10. The zero-order valence-corrected chi connectivity index (χ0v) is 13.9. The summed E-state index contributed by atoms with van der Waals surface area (Å²) < 4.78 is 0. The van der Waals surface area contributed by atoms with E-state index in [1.165, 1.54) is 12.1 Å². The van der Waals surface area contributed by atoms with E-state index in [1.54, 1.807) is 6.07 Å². The van der Waals surface area contributed by atoms with Gasteiger partial charge in [0, 0.05) is 51.4 Å². The Labute approximate surface area is 141 Å². The highest BCUT2D eigenvalue weighted by Gasteiger charge is 2.24. The van der Waals surface area contributed by atoms with E-state index in [0.717, 1.165) is 57.8 Å². The molecular formula is C16H23N5O3. The lowest BCUT2D eigenvalue weighted by atomic mass is 10.1. The predicted molar refractivity (Wildman–Crippen MR) is 91.1 cm³/mol. The number of nitro benzene ring substituents is 1. The molecule has 0 unspecified atom stereocenters. The van der Waals surface area contributed by atoms with Crippen molar-refractivity contribution in [2.75, 3.05) is 51.2 Å². The molecule has 0 spiro atoms. The van der Waals surface area contributed by atoms with Gasteiger partial charge in [0.2, 0.25) is 0 Å². The molecule has 24 heavy (non-hydrogen) atoms. The largest absolute Gasteiger partial charge is 0.371 e. The summed E-state index contributed by atoms with van der Waals surface area (Å²) in [5, 5.41) is 13.0. The van der Waals surface area contributed by atoms with Crippen LogP contribution in [0.4, 0.5) is 11.4 Å². The maximum atomic E-state index is 12.7. The summed E-state index contributed by atoms with van der Waals surface area (Å²) in [6, 6.07) is 4.56. The fourth-order valence-corrected chi connectivity index (χ4v) is 3.18. The number of benzene rings is 1. The molecule has 0 aromatic heterocycles. The second-order valence-electron chi connectivity index (χ2n) is 6.38. The summed E-state index contributed by atoms with van der Waals surface area (Å²) in [6.07, 6.45) is 2.16. The summed E-state index contributed by atoms with van der Waals surface area (Å²) in [4.78, 5) is 27.7. The standard InChI is InChI=1S/C16H23N5O3/c1-18-8-10-20(11-9-18)17-16(22)14-12-13(21(23)24)4-5-15(14)19-6-2-3-7-19/h4-5,12H,2-3,6-11H2,1H3,(H,17,22). The summed E-state index contributed by atoms with van der Waals surface area (Å²) in [7, 11) is 2.05. The topological polar surface area (TPSA) is 82.0 Å². The van der Waals surface area contributed by atoms with Gasteiger partial charge in [-0.1, -0.05) is 0 Å². The maximum Gasteiger partial charge on any atom is 0.270 e. The Hall–Kier alpha value is -2.19. The van der Waals surface area contributed by atoms with Gasteiger partial charge >= 0.3 is 0 Å². The molecule has 0 aliphatic carbocycles. The van der Waals surface area contributed by atoms with E-state index in [9.17, 15) is 14.9 Å². The Morgan fingerprint density at radius 1 is 1.12 bits per heavy atom. The molecule has 0 atom stereocenters. The molecule has 1 N–H and O–H groups in total. The van der Waals surface area contributed by atoms with E-state index in [2.05, 4.69) is 15.2 Å². The number of nitrogens with one attached hydrogen (secondary N) is 1. The Bertz CT molecular complexity index is 622. The van der Waals surface area contributed by atoms with Crippen LogP contribution < -0.4 is 10.3 Å². The molecule has 0 radical (unpaired) electrons. The first-order valence-electron chi connectivity index (χ1n) is 8.32. The third-order valence-corrected chi connectivity index (χ3v) is 4.65. The van der Waals surface area contributed by atoms with Crippen LogP contribution in [0.25, 0.3) is 0 Å². The summed E-state index contributed by atoms with van der Waals surface area (Å²) >= 11 is 0. The van der Waals surface area contributed by atoms with Crippen molar-refractivity contribution >= 4 is 17.3 Å². The number of carbonyl (C=O) groups excluding carboxylic acids is 1. The van der Waals surface area contributed by atoms with Crippen molar-refractivity contribution in [3.63, 3.8) is 0 Å². The van der Waals surface area contributed by atoms with Gasteiger partial charge in [-0.05, 0) is 26.0 Å². The van der Waals surface area contributed by atoms with Gasteiger partial charge in [-0.15, -0.1) is 0 Å². The van der Waals surface area contributed by atoms with Crippen LogP contribution in [0.3, 0.4) is 0 Å². The molecule has 0 bridgehead atoms. The fraction of sp³-hybridized carbons (Fsp3) is 0.562. The van der Waals surface area contributed by atoms with E-state index in [0.29, 0.717) is 5.56 Å². The van der Waals surface area contributed by atoms with Crippen LogP contribution in [0.1, 0.15) is 23.2 Å². The lowest BCUT2D eigenvalue weighted by Crippen LogP contribution is -2.52. The smallest absolute Gasteiger partial charge is 0.270 e. The van der Waals surface area contributed by atoms with Gasteiger partial charge in [0.1, 0.15) is 0 Å². The van der Waals surface area contributed by atoms with Crippen LogP contribution in [0.15, 0.2) is 18.2 Å². The molecule has 2 aliphatic heterocycles. The van der Waals surface area contributed by atoms with Gasteiger partial charge < -0.3 is 9.80 Å². The molecule has 2 fully saturated rings. The highest BCUT2D eigenvalue weighted by atomic mass is 16.6. The minimum Gasteiger partial charge on any atom is -0.371 e. The van der Waals surface area contributed by atoms with E-state index < -0.39 is 4.92 Å². The first-order chi connectivity index (χ1) is 11.5. The Kier molecular flexibility index (Phi) is 4.96. The highest BCUT2D eigenvalue weighted by Crippen LogP contribution is 2.28. The molecule has 1 aromatic carbocycles. The molecule has 2 heterocycles. The van der Waals surface area contributed by atoms with E-state index >= 15 is 0 Å². The number of amides is 1. The normalized spacial score (nSPS) is 19.5. The van der Waals surface area contributed by atoms with E-state index in [4.69, 9.17) is 0 Å². The van der Waals surface area contributed by atoms with Crippen molar-refractivity contribution in [2.24, 2.45) is 0 Å². The molecule has 2 saturated heterocycles. The van der Waals surface area contributed by atoms with Crippen molar-refractivity contribution in [3.8, 4) is 0 Å². The summed E-state index contributed by atoms with van der Waals surface area (Å²) in [5.74, 6) is -0.273. The van der Waals surface area contributed by atoms with E-state index in [-0.39, 0.29) is 11.6 Å². The number of likely N-dealkylation sites (N-methyl/N-ethyl adjacent to an activating group) is 1. The Morgan fingerprint density at radius 3 is 2.42 bits per heavy atom. The third kappa shape index (κ3) is 3.65. The van der Waals surface area contributed by atoms with Gasteiger partial charge in [-0.2, -0.15) is 0 Å². The number of non-ortho nitro benzene ring substituents is 1. The first kappa shape index (κ1) is 16.7. The van der Waals surface area contributed by atoms with Crippen molar-refractivity contribution < 1.29 is 9.72 Å². The third-order valence-electron chi connectivity index (χ3n) is 4.65. The van der Waals surface area contributed by atoms with Gasteiger partial charge in [0.05, 0.1) is 16.2 Å². The molecule has 1 amide bonds. The van der Waals surface area contributed by atoms with Crippen LogP contribution in [-0.4, -0.2) is 67.1 Å². The molecule has 130 valence electrons. The van der Waals surface area contributed by atoms with Crippen molar-refractivity contribution in [3.05, 3.63) is 33.9 Å². The Morgan fingerprint density at radius 2 is 1.79 bits per heavy atom. The number of carbonyl (C=O) groups is 1. The van der Waals surface area contributed by atoms with Crippen molar-refractivity contribution in [1.82, 2.24) is 15.3 Å². The zero-order valence-electron chi connectivity index (χ0n) is 13.9. The van der Waals surface area contributed by atoms with Gasteiger partial charge in [0.25, 0.3) is 11.6 Å². The van der Waals surface area contributed by atoms with Crippen LogP contribution in [0.5, 0.6) is 0 Å². The molecule has 1 aromatic rings. The number of hydrogen-bond donors (Lipinski definition) is 1. The van der Waals surface area contributed by atoms with Crippen LogP contribution in [0, 0.1) is 10.1 Å². The van der Waals surface area contributed by atoms with Crippen LogP contribution >= 0.6 is 0 Å². The SMILES string of the molecule is CN1CCN(NC(=O)c2cc([N+](=O)[O-])ccc2N2CCCC2)CC1. The molecule has 8 nitrogen and oxygen atoms in total. The summed E-state index contributed by atoms with van der Waals surface area (Å²) in [5.41, 5.74) is 4.01. The van der Waals surface area contributed by atoms with Crippen LogP contribution in [0.2, 0.25) is 0 Å². The lowest BCUT2D eigenvalue weighted by Gasteiger charge is -2.32. The Balaban J connectivity index is 1.81. The molecule has 3 rings (SSSR count). The number of nitro groups is 1. The highest BCUT2D eigenvalue weighted by molar-refractivity contribution is 6.00. The molecule has 8 heteroatoms. The van der Waals surface area contributed by atoms with Gasteiger partial charge in [-0.25, -0.2) is 5.01 Å². The zero-order chi connectivity index (χ0) is 17.1. The number of anilines is 1. The van der Waals surface area contributed by atoms with Crippen molar-refractivity contribution in [2.45, 2.75) is 12.8 Å². The van der Waals surface area contributed by atoms with Gasteiger partial charge in [-0.3, -0.25) is 20.3 Å². The molecule has 0 saturated carbocycles. The molecular weight excluding hydrogens is 310 g/mol. The number of rotatable bonds is 4. The number of nitrogens with zero attached hydrogens (tertiary/aromatic N) is 4. The molecule has 2 aliphatic rings. The lowest BCUT2D eigenvalue weighted by molar-refractivity contribution is -0.384. The van der Waals surface area contributed by atoms with Gasteiger partial charge in [0.15, 0.2) is 0 Å². The monoisotopic (exact) mass is 333 g/mol. The number of hydrazine groups is 1. The number of hydrogen-bond acceptors (Lipinski definition) is 6. The first-order valence-corrected chi connectivity index (χ1v) is 8.32. The summed E-state index contributed by atoms with van der Waals surface area (Å²) in [6.45, 7) is 5.02. The minimum atomic E-state index is -0.458. The number of piperazine rings is 1. The minimum absolute atomic E-state index is 0.0542. The fourth-order valence-electron chi connectivity index (χ4n) is 3.18. The quantitative estimate of drug-likeness (QED) is 0.656. The second-order valence-corrected chi connectivity index (χ2v) is 6.38. The second kappa shape index (κ2) is 7.14. The van der Waals surface area contributed by atoms with Crippen LogP contribution in [-0.2, 0) is 0 Å². The van der Waals surface area contributed by atoms with E-state index in [1.807, 2.05) is 12.1 Å². The average molecular weight is 333 g/mol. The van der Waals surface area contributed by atoms with Crippen molar-refractivity contribution in [1.29, 1.82) is 0 Å². The maximum absolute atomic E-state index is 12.7.